The fraction of sp³-hybridized carbons (Fsp3) is 0.696. The highest BCUT2D eigenvalue weighted by Crippen LogP contribution is 2.41. The molecule has 1 N–H and O–H groups in total. The van der Waals surface area contributed by atoms with Crippen molar-refractivity contribution in [1.29, 1.82) is 0 Å². The zero-order valence-electron chi connectivity index (χ0n) is 17.8. The van der Waals surface area contributed by atoms with Crippen LogP contribution in [0.15, 0.2) is 18.2 Å². The second kappa shape index (κ2) is 10.1. The summed E-state index contributed by atoms with van der Waals surface area (Å²) in [7, 11) is 0. The molecule has 0 unspecified atom stereocenters. The zero-order valence-corrected chi connectivity index (χ0v) is 18.6. The van der Waals surface area contributed by atoms with Gasteiger partial charge in [0.15, 0.2) is 0 Å². The number of hydrogen-bond acceptors (Lipinski definition) is 4. The van der Waals surface area contributed by atoms with Gasteiger partial charge < -0.3 is 10.1 Å². The number of piperidine rings is 1. The maximum Gasteiger partial charge on any atom is 0.251 e. The molecule has 2 aliphatic heterocycles. The van der Waals surface area contributed by atoms with Crippen molar-refractivity contribution in [2.45, 2.75) is 52.9 Å². The molecule has 0 bridgehead atoms. The van der Waals surface area contributed by atoms with Crippen molar-refractivity contribution >= 4 is 17.9 Å². The molecular formula is C23H36N2O2S. The first kappa shape index (κ1) is 21.7. The SMILES string of the molecule is CCSN1CCC(CNC(=O)c2ccc(C)cc2C)(CC2CCOCC2)CC1. The number of nitrogens with zero attached hydrogens (tertiary/aromatic N) is 1. The molecule has 0 atom stereocenters. The van der Waals surface area contributed by atoms with E-state index in [0.717, 1.165) is 55.6 Å². The Labute approximate surface area is 174 Å². The predicted octanol–water partition coefficient (Wildman–Crippen LogP) is 4.60. The molecule has 5 heteroatoms. The van der Waals surface area contributed by atoms with E-state index in [-0.39, 0.29) is 11.3 Å². The van der Waals surface area contributed by atoms with Gasteiger partial charge in [-0.15, -0.1) is 0 Å². The first-order valence-electron chi connectivity index (χ1n) is 10.8. The molecule has 1 amide bonds. The summed E-state index contributed by atoms with van der Waals surface area (Å²) in [6.45, 7) is 11.2. The number of benzene rings is 1. The Kier molecular flexibility index (Phi) is 7.84. The van der Waals surface area contributed by atoms with Crippen molar-refractivity contribution in [2.75, 3.05) is 38.6 Å². The van der Waals surface area contributed by atoms with Crippen LogP contribution in [0.5, 0.6) is 0 Å². The van der Waals surface area contributed by atoms with E-state index in [1.165, 1.54) is 37.7 Å². The van der Waals surface area contributed by atoms with E-state index >= 15 is 0 Å². The fourth-order valence-corrected chi connectivity index (χ4v) is 5.53. The Balaban J connectivity index is 1.65. The molecule has 3 rings (SSSR count). The Hall–Kier alpha value is -1.04. The van der Waals surface area contributed by atoms with Gasteiger partial charge in [-0.1, -0.05) is 36.6 Å². The van der Waals surface area contributed by atoms with Gasteiger partial charge in [-0.25, -0.2) is 0 Å². The van der Waals surface area contributed by atoms with Crippen LogP contribution in [0.1, 0.15) is 60.5 Å². The quantitative estimate of drug-likeness (QED) is 0.675. The highest BCUT2D eigenvalue weighted by atomic mass is 32.2. The van der Waals surface area contributed by atoms with Crippen LogP contribution in [-0.2, 0) is 4.74 Å². The Bertz CT molecular complexity index is 650. The summed E-state index contributed by atoms with van der Waals surface area (Å²) >= 11 is 1.95. The summed E-state index contributed by atoms with van der Waals surface area (Å²) in [6, 6.07) is 6.08. The van der Waals surface area contributed by atoms with Crippen LogP contribution in [0.25, 0.3) is 0 Å². The molecule has 0 aromatic heterocycles. The highest BCUT2D eigenvalue weighted by molar-refractivity contribution is 7.96. The lowest BCUT2D eigenvalue weighted by atomic mass is 9.71. The molecule has 0 spiro atoms. The molecule has 156 valence electrons. The van der Waals surface area contributed by atoms with Gasteiger partial charge in [-0.05, 0) is 68.9 Å². The van der Waals surface area contributed by atoms with Gasteiger partial charge in [0.1, 0.15) is 0 Å². The number of ether oxygens (including phenoxy) is 1. The van der Waals surface area contributed by atoms with Gasteiger partial charge in [-0.2, -0.15) is 0 Å². The smallest absolute Gasteiger partial charge is 0.251 e. The fourth-order valence-electron chi connectivity index (χ4n) is 4.72. The average Bonchev–Trinajstić information content (AvgIpc) is 2.69. The molecule has 2 saturated heterocycles. The van der Waals surface area contributed by atoms with E-state index in [2.05, 4.69) is 29.5 Å². The summed E-state index contributed by atoms with van der Waals surface area (Å²) in [4.78, 5) is 12.9. The van der Waals surface area contributed by atoms with Crippen LogP contribution in [-0.4, -0.2) is 48.8 Å². The summed E-state index contributed by atoms with van der Waals surface area (Å²) in [5, 5.41) is 3.31. The third-order valence-electron chi connectivity index (χ3n) is 6.41. The van der Waals surface area contributed by atoms with E-state index in [1.54, 1.807) is 0 Å². The van der Waals surface area contributed by atoms with E-state index in [0.29, 0.717) is 0 Å². The third kappa shape index (κ3) is 5.74. The lowest BCUT2D eigenvalue weighted by Crippen LogP contribution is -2.46. The number of rotatable bonds is 7. The largest absolute Gasteiger partial charge is 0.381 e. The van der Waals surface area contributed by atoms with Crippen molar-refractivity contribution in [3.8, 4) is 0 Å². The second-order valence-electron chi connectivity index (χ2n) is 8.61. The number of carbonyl (C=O) groups excluding carboxylic acids is 1. The van der Waals surface area contributed by atoms with Crippen LogP contribution in [0.4, 0.5) is 0 Å². The minimum atomic E-state index is 0.0780. The highest BCUT2D eigenvalue weighted by Gasteiger charge is 2.37. The van der Waals surface area contributed by atoms with Crippen molar-refractivity contribution in [3.05, 3.63) is 34.9 Å². The van der Waals surface area contributed by atoms with Crippen LogP contribution < -0.4 is 5.32 Å². The molecule has 0 radical (unpaired) electrons. The number of amides is 1. The molecule has 2 aliphatic rings. The Morgan fingerprint density at radius 1 is 1.25 bits per heavy atom. The maximum absolute atomic E-state index is 12.9. The Morgan fingerprint density at radius 3 is 2.61 bits per heavy atom. The molecule has 4 nitrogen and oxygen atoms in total. The molecule has 28 heavy (non-hydrogen) atoms. The minimum Gasteiger partial charge on any atom is -0.381 e. The van der Waals surface area contributed by atoms with Gasteiger partial charge in [0.25, 0.3) is 5.91 Å². The van der Waals surface area contributed by atoms with E-state index in [9.17, 15) is 4.79 Å². The minimum absolute atomic E-state index is 0.0780. The maximum atomic E-state index is 12.9. The van der Waals surface area contributed by atoms with Gasteiger partial charge in [0.05, 0.1) is 0 Å². The predicted molar refractivity (Wildman–Crippen MR) is 118 cm³/mol. The number of hydrogen-bond donors (Lipinski definition) is 1. The summed E-state index contributed by atoms with van der Waals surface area (Å²) < 4.78 is 8.08. The molecule has 1 aromatic carbocycles. The van der Waals surface area contributed by atoms with Gasteiger partial charge in [0, 0.05) is 44.2 Å². The lowest BCUT2D eigenvalue weighted by molar-refractivity contribution is 0.0341. The molecule has 0 aliphatic carbocycles. The van der Waals surface area contributed by atoms with Crippen molar-refractivity contribution < 1.29 is 9.53 Å². The van der Waals surface area contributed by atoms with Crippen LogP contribution in [0.2, 0.25) is 0 Å². The number of nitrogens with one attached hydrogen (secondary N) is 1. The molecule has 2 fully saturated rings. The van der Waals surface area contributed by atoms with Gasteiger partial charge >= 0.3 is 0 Å². The van der Waals surface area contributed by atoms with Crippen molar-refractivity contribution in [2.24, 2.45) is 11.3 Å². The van der Waals surface area contributed by atoms with Crippen LogP contribution >= 0.6 is 11.9 Å². The van der Waals surface area contributed by atoms with Crippen LogP contribution in [0.3, 0.4) is 0 Å². The lowest BCUT2D eigenvalue weighted by Gasteiger charge is -2.44. The van der Waals surface area contributed by atoms with Crippen molar-refractivity contribution in [1.82, 2.24) is 9.62 Å². The Morgan fingerprint density at radius 2 is 1.96 bits per heavy atom. The van der Waals surface area contributed by atoms with E-state index in [1.807, 2.05) is 31.0 Å². The average molecular weight is 405 g/mol. The first-order chi connectivity index (χ1) is 13.5. The van der Waals surface area contributed by atoms with Crippen molar-refractivity contribution in [3.63, 3.8) is 0 Å². The van der Waals surface area contributed by atoms with Gasteiger partial charge in [-0.3, -0.25) is 9.10 Å². The topological polar surface area (TPSA) is 41.6 Å². The van der Waals surface area contributed by atoms with E-state index in [4.69, 9.17) is 4.74 Å². The molecule has 1 aromatic rings. The monoisotopic (exact) mass is 404 g/mol. The summed E-state index contributed by atoms with van der Waals surface area (Å²) in [5.74, 6) is 1.95. The standard InChI is InChI=1S/C23H36N2O2S/c1-4-28-25-11-9-23(10-12-25,16-20-7-13-27-14-8-20)17-24-22(26)21-6-5-18(2)15-19(21)3/h5-6,15,20H,4,7-14,16-17H2,1-3H3,(H,24,26). The van der Waals surface area contributed by atoms with E-state index < -0.39 is 0 Å². The summed E-state index contributed by atoms with van der Waals surface area (Å²) in [6.07, 6.45) is 5.89. The number of carbonyl (C=O) groups is 1. The van der Waals surface area contributed by atoms with Gasteiger partial charge in [0.2, 0.25) is 0 Å². The zero-order chi connectivity index (χ0) is 20.0. The summed E-state index contributed by atoms with van der Waals surface area (Å²) in [5.41, 5.74) is 3.29. The first-order valence-corrected chi connectivity index (χ1v) is 11.8. The third-order valence-corrected chi connectivity index (χ3v) is 7.40. The second-order valence-corrected chi connectivity index (χ2v) is 9.96. The molecular weight excluding hydrogens is 368 g/mol. The molecule has 2 heterocycles. The normalized spacial score (nSPS) is 20.8. The van der Waals surface area contributed by atoms with Crippen LogP contribution in [0, 0.1) is 25.2 Å². The molecule has 0 saturated carbocycles. The number of aryl methyl sites for hydroxylation is 2.